The van der Waals surface area contributed by atoms with Crippen LogP contribution >= 0.6 is 0 Å². The number of hydrogen-bond donors (Lipinski definition) is 2. The van der Waals surface area contributed by atoms with Crippen molar-refractivity contribution in [3.63, 3.8) is 0 Å². The number of benzene rings is 1. The van der Waals surface area contributed by atoms with Crippen LogP contribution in [-0.2, 0) is 6.54 Å². The van der Waals surface area contributed by atoms with Crippen LogP contribution in [0.1, 0.15) is 23.7 Å². The second-order valence-corrected chi connectivity index (χ2v) is 6.19. The molecule has 0 radical (unpaired) electrons. The highest BCUT2D eigenvalue weighted by molar-refractivity contribution is 5.79. The van der Waals surface area contributed by atoms with Crippen molar-refractivity contribution in [3.8, 4) is 17.2 Å². The first-order valence-electron chi connectivity index (χ1n) is 9.37. The Morgan fingerprint density at radius 1 is 1.04 bits per heavy atom. The summed E-state index contributed by atoms with van der Waals surface area (Å²) in [6.07, 6.45) is 1.82. The van der Waals surface area contributed by atoms with Crippen LogP contribution in [0.15, 0.2) is 35.5 Å². The van der Waals surface area contributed by atoms with E-state index in [0.717, 1.165) is 46.6 Å². The van der Waals surface area contributed by atoms with Crippen molar-refractivity contribution in [1.82, 2.24) is 15.6 Å². The highest BCUT2D eigenvalue weighted by atomic mass is 16.5. The van der Waals surface area contributed by atoms with Crippen molar-refractivity contribution in [2.45, 2.75) is 27.3 Å². The first-order valence-corrected chi connectivity index (χ1v) is 9.37. The van der Waals surface area contributed by atoms with Gasteiger partial charge in [-0.3, -0.25) is 4.98 Å². The van der Waals surface area contributed by atoms with E-state index in [-0.39, 0.29) is 0 Å². The minimum atomic E-state index is 0.469. The molecule has 1 heterocycles. The van der Waals surface area contributed by atoms with Crippen LogP contribution in [0, 0.1) is 13.8 Å². The van der Waals surface area contributed by atoms with E-state index >= 15 is 0 Å². The quantitative estimate of drug-likeness (QED) is 0.392. The van der Waals surface area contributed by atoms with Crippen LogP contribution in [0.4, 0.5) is 0 Å². The van der Waals surface area contributed by atoms with Gasteiger partial charge in [-0.1, -0.05) is 0 Å². The first-order chi connectivity index (χ1) is 13.6. The molecule has 7 heteroatoms. The van der Waals surface area contributed by atoms with Gasteiger partial charge in [0.05, 0.1) is 33.0 Å². The van der Waals surface area contributed by atoms with Crippen molar-refractivity contribution in [2.24, 2.45) is 4.99 Å². The van der Waals surface area contributed by atoms with Crippen molar-refractivity contribution >= 4 is 5.96 Å². The Bertz CT molecular complexity index is 776. The van der Waals surface area contributed by atoms with Crippen LogP contribution in [-0.4, -0.2) is 44.9 Å². The molecule has 0 aliphatic rings. The molecule has 152 valence electrons. The molecule has 0 saturated carbocycles. The molecule has 0 amide bonds. The molecule has 28 heavy (non-hydrogen) atoms. The maximum atomic E-state index is 5.73. The number of pyridine rings is 1. The van der Waals surface area contributed by atoms with Gasteiger partial charge >= 0.3 is 0 Å². The minimum absolute atomic E-state index is 0.469. The Morgan fingerprint density at radius 3 is 2.39 bits per heavy atom. The Labute approximate surface area is 167 Å². The molecule has 0 fully saturated rings. The van der Waals surface area contributed by atoms with Crippen molar-refractivity contribution in [2.75, 3.05) is 33.9 Å². The van der Waals surface area contributed by atoms with E-state index < -0.39 is 0 Å². The van der Waals surface area contributed by atoms with Crippen molar-refractivity contribution in [1.29, 1.82) is 0 Å². The van der Waals surface area contributed by atoms with E-state index in [0.29, 0.717) is 19.7 Å². The number of ether oxygens (including phenoxy) is 3. The standard InChI is InChI=1S/C21H30N4O3/c1-6-22-21(23-11-12-28-18-9-7-17(26-4)8-10-18)25-14-19-16(3)20(27-5)15(2)13-24-19/h7-10,13H,6,11-12,14H2,1-5H3,(H2,22,23,25). The van der Waals surface area contributed by atoms with Gasteiger partial charge in [0.2, 0.25) is 0 Å². The molecule has 0 spiro atoms. The van der Waals surface area contributed by atoms with Crippen molar-refractivity contribution < 1.29 is 14.2 Å². The van der Waals surface area contributed by atoms with Gasteiger partial charge in [0, 0.05) is 23.9 Å². The smallest absolute Gasteiger partial charge is 0.191 e. The van der Waals surface area contributed by atoms with E-state index in [1.165, 1.54) is 0 Å². The molecular formula is C21H30N4O3. The van der Waals surface area contributed by atoms with Crippen molar-refractivity contribution in [3.05, 3.63) is 47.3 Å². The monoisotopic (exact) mass is 386 g/mol. The first kappa shape index (κ1) is 21.3. The predicted molar refractivity (Wildman–Crippen MR) is 112 cm³/mol. The summed E-state index contributed by atoms with van der Waals surface area (Å²) in [4.78, 5) is 9.11. The fourth-order valence-corrected chi connectivity index (χ4v) is 2.74. The van der Waals surface area contributed by atoms with Gasteiger partial charge < -0.3 is 24.8 Å². The lowest BCUT2D eigenvalue weighted by Gasteiger charge is -2.14. The van der Waals surface area contributed by atoms with E-state index in [4.69, 9.17) is 14.2 Å². The number of aryl methyl sites for hydroxylation is 1. The zero-order chi connectivity index (χ0) is 20.4. The van der Waals surface area contributed by atoms with E-state index in [1.807, 2.05) is 51.2 Å². The molecule has 0 unspecified atom stereocenters. The number of aliphatic imine (C=N–C) groups is 1. The van der Waals surface area contributed by atoms with Gasteiger partial charge in [-0.2, -0.15) is 0 Å². The Balaban J connectivity index is 1.89. The zero-order valence-corrected chi connectivity index (χ0v) is 17.3. The summed E-state index contributed by atoms with van der Waals surface area (Å²) in [6.45, 7) is 8.41. The molecule has 0 bridgehead atoms. The van der Waals surface area contributed by atoms with Crippen LogP contribution < -0.4 is 24.8 Å². The second-order valence-electron chi connectivity index (χ2n) is 6.19. The van der Waals surface area contributed by atoms with Gasteiger partial charge in [0.15, 0.2) is 5.96 Å². The second kappa shape index (κ2) is 11.0. The number of nitrogens with one attached hydrogen (secondary N) is 2. The molecule has 1 aromatic carbocycles. The number of rotatable bonds is 9. The van der Waals surface area contributed by atoms with Gasteiger partial charge in [-0.15, -0.1) is 0 Å². The van der Waals surface area contributed by atoms with Gasteiger partial charge in [0.25, 0.3) is 0 Å². The Hall–Kier alpha value is -2.96. The predicted octanol–water partition coefficient (Wildman–Crippen LogP) is 2.85. The molecule has 2 N–H and O–H groups in total. The summed E-state index contributed by atoms with van der Waals surface area (Å²) >= 11 is 0. The topological polar surface area (TPSA) is 77.0 Å². The Kier molecular flexibility index (Phi) is 8.39. The molecule has 0 aliphatic carbocycles. The van der Waals surface area contributed by atoms with E-state index in [1.54, 1.807) is 14.2 Å². The Morgan fingerprint density at radius 2 is 1.75 bits per heavy atom. The third-order valence-electron chi connectivity index (χ3n) is 4.20. The molecule has 0 atom stereocenters. The fraction of sp³-hybridized carbons (Fsp3) is 0.429. The number of aromatic nitrogens is 1. The van der Waals surface area contributed by atoms with Crippen LogP contribution in [0.2, 0.25) is 0 Å². The summed E-state index contributed by atoms with van der Waals surface area (Å²) in [5, 5.41) is 6.51. The molecule has 1 aromatic heterocycles. The third kappa shape index (κ3) is 6.04. The molecule has 0 aliphatic heterocycles. The largest absolute Gasteiger partial charge is 0.497 e. The molecule has 0 saturated heterocycles. The van der Waals surface area contributed by atoms with Crippen LogP contribution in [0.25, 0.3) is 0 Å². The molecule has 2 rings (SSSR count). The summed E-state index contributed by atoms with van der Waals surface area (Å²) in [6, 6.07) is 7.52. The minimum Gasteiger partial charge on any atom is -0.497 e. The van der Waals surface area contributed by atoms with Crippen LogP contribution in [0.3, 0.4) is 0 Å². The number of guanidine groups is 1. The average Bonchev–Trinajstić information content (AvgIpc) is 2.71. The third-order valence-corrected chi connectivity index (χ3v) is 4.20. The molecule has 2 aromatic rings. The highest BCUT2D eigenvalue weighted by Gasteiger charge is 2.09. The highest BCUT2D eigenvalue weighted by Crippen LogP contribution is 2.24. The maximum absolute atomic E-state index is 5.73. The maximum Gasteiger partial charge on any atom is 0.191 e. The number of hydrogen-bond acceptors (Lipinski definition) is 5. The summed E-state index contributed by atoms with van der Waals surface area (Å²) in [7, 11) is 3.32. The molecular weight excluding hydrogens is 356 g/mol. The average molecular weight is 386 g/mol. The summed E-state index contributed by atoms with van der Waals surface area (Å²) in [5.41, 5.74) is 2.94. The van der Waals surface area contributed by atoms with E-state index in [2.05, 4.69) is 20.6 Å². The van der Waals surface area contributed by atoms with Gasteiger partial charge in [-0.05, 0) is 45.0 Å². The normalized spacial score (nSPS) is 11.1. The number of nitrogens with zero attached hydrogens (tertiary/aromatic N) is 2. The van der Waals surface area contributed by atoms with Crippen LogP contribution in [0.5, 0.6) is 17.2 Å². The lowest BCUT2D eigenvalue weighted by Crippen LogP contribution is -2.39. The van der Waals surface area contributed by atoms with Gasteiger partial charge in [0.1, 0.15) is 23.9 Å². The number of methoxy groups -OCH3 is 2. The zero-order valence-electron chi connectivity index (χ0n) is 17.3. The summed E-state index contributed by atoms with van der Waals surface area (Å²) in [5.74, 6) is 3.20. The SMILES string of the molecule is CCNC(=NCc1ncc(C)c(OC)c1C)NCCOc1ccc(OC)cc1. The van der Waals surface area contributed by atoms with E-state index in [9.17, 15) is 0 Å². The lowest BCUT2D eigenvalue weighted by molar-refractivity contribution is 0.321. The summed E-state index contributed by atoms with van der Waals surface area (Å²) < 4.78 is 16.3. The fourth-order valence-electron chi connectivity index (χ4n) is 2.74. The van der Waals surface area contributed by atoms with Gasteiger partial charge in [-0.25, -0.2) is 4.99 Å². The molecule has 7 nitrogen and oxygen atoms in total. The lowest BCUT2D eigenvalue weighted by atomic mass is 10.1.